The number of rotatable bonds is 14. The largest absolute Gasteiger partial charge is 0.494 e. The van der Waals surface area contributed by atoms with Gasteiger partial charge in [0.15, 0.2) is 0 Å². The molecule has 2 aromatic rings. The van der Waals surface area contributed by atoms with Gasteiger partial charge < -0.3 is 9.84 Å². The number of aliphatic hydroxyl groups excluding tert-OH is 1. The molecule has 0 saturated heterocycles. The van der Waals surface area contributed by atoms with E-state index in [2.05, 4.69) is 11.9 Å². The number of hydrogen-bond donors (Lipinski definition) is 1. The first-order valence-corrected chi connectivity index (χ1v) is 10.9. The molecule has 1 N–H and O–H groups in total. The van der Waals surface area contributed by atoms with E-state index in [4.69, 9.17) is 4.74 Å². The number of pyridine rings is 1. The Hall–Kier alpha value is -1.61. The van der Waals surface area contributed by atoms with Crippen molar-refractivity contribution in [2.24, 2.45) is 0 Å². The first-order chi connectivity index (χ1) is 13.3. The molecule has 1 heterocycles. The number of aliphatic hydroxyl groups is 1. The molecule has 0 aliphatic rings. The predicted molar refractivity (Wildman–Crippen MR) is 114 cm³/mol. The molecular weight excluding hydrogens is 334 g/mol. The van der Waals surface area contributed by atoms with Gasteiger partial charge in [0, 0.05) is 5.39 Å². The van der Waals surface area contributed by atoms with Crippen molar-refractivity contribution in [3.63, 3.8) is 0 Å². The Labute approximate surface area is 165 Å². The van der Waals surface area contributed by atoms with E-state index in [0.29, 0.717) is 0 Å². The molecule has 3 heteroatoms. The Kier molecular flexibility index (Phi) is 10.2. The lowest BCUT2D eigenvalue weighted by molar-refractivity contribution is 0.159. The van der Waals surface area contributed by atoms with Crippen LogP contribution in [0.4, 0.5) is 0 Å². The van der Waals surface area contributed by atoms with Crippen molar-refractivity contribution in [2.75, 3.05) is 7.11 Å². The quantitative estimate of drug-likeness (QED) is 0.364. The zero-order valence-corrected chi connectivity index (χ0v) is 17.3. The van der Waals surface area contributed by atoms with Gasteiger partial charge in [0.1, 0.15) is 11.3 Å². The molecule has 1 aromatic carbocycles. The number of methoxy groups -OCH3 is 1. The molecule has 0 amide bonds. The van der Waals surface area contributed by atoms with Gasteiger partial charge in [-0.05, 0) is 18.6 Å². The second kappa shape index (κ2) is 12.7. The number of fused-ring (bicyclic) bond motifs is 1. The molecule has 3 nitrogen and oxygen atoms in total. The van der Waals surface area contributed by atoms with Crippen LogP contribution in [-0.2, 0) is 0 Å². The molecule has 0 aliphatic carbocycles. The summed E-state index contributed by atoms with van der Waals surface area (Å²) in [5, 5.41) is 11.5. The minimum Gasteiger partial charge on any atom is -0.494 e. The van der Waals surface area contributed by atoms with Crippen LogP contribution < -0.4 is 4.74 Å². The van der Waals surface area contributed by atoms with Crippen LogP contribution in [0.15, 0.2) is 30.3 Å². The zero-order chi connectivity index (χ0) is 19.3. The highest BCUT2D eigenvalue weighted by molar-refractivity contribution is 5.84. The van der Waals surface area contributed by atoms with Gasteiger partial charge in [0.25, 0.3) is 0 Å². The first-order valence-electron chi connectivity index (χ1n) is 10.9. The molecular formula is C24H37NO2. The highest BCUT2D eigenvalue weighted by atomic mass is 16.5. The number of ether oxygens (including phenoxy) is 1. The number of benzene rings is 1. The normalized spacial score (nSPS) is 12.4. The van der Waals surface area contributed by atoms with Crippen molar-refractivity contribution in [3.8, 4) is 5.75 Å². The van der Waals surface area contributed by atoms with Gasteiger partial charge in [-0.3, -0.25) is 0 Å². The monoisotopic (exact) mass is 371 g/mol. The number of aromatic nitrogens is 1. The fraction of sp³-hybridized carbons (Fsp3) is 0.625. The van der Waals surface area contributed by atoms with Crippen molar-refractivity contribution < 1.29 is 9.84 Å². The van der Waals surface area contributed by atoms with Crippen LogP contribution in [-0.4, -0.2) is 17.2 Å². The predicted octanol–water partition coefficient (Wildman–Crippen LogP) is 6.98. The van der Waals surface area contributed by atoms with Crippen LogP contribution >= 0.6 is 0 Å². The molecule has 0 spiro atoms. The van der Waals surface area contributed by atoms with Crippen LogP contribution in [0.1, 0.15) is 95.8 Å². The van der Waals surface area contributed by atoms with Gasteiger partial charge in [-0.1, -0.05) is 95.8 Å². The lowest BCUT2D eigenvalue weighted by Crippen LogP contribution is -2.01. The molecule has 2 rings (SSSR count). The molecule has 27 heavy (non-hydrogen) atoms. The maximum Gasteiger partial charge on any atom is 0.145 e. The lowest BCUT2D eigenvalue weighted by Gasteiger charge is -2.12. The smallest absolute Gasteiger partial charge is 0.145 e. The molecule has 0 saturated carbocycles. The van der Waals surface area contributed by atoms with Crippen LogP contribution in [0, 0.1) is 0 Å². The number of hydrogen-bond acceptors (Lipinski definition) is 3. The molecule has 0 bridgehead atoms. The lowest BCUT2D eigenvalue weighted by atomic mass is 10.0. The molecule has 0 radical (unpaired) electrons. The summed E-state index contributed by atoms with van der Waals surface area (Å²) in [6.45, 7) is 2.27. The molecule has 1 unspecified atom stereocenters. The molecule has 1 aromatic heterocycles. The van der Waals surface area contributed by atoms with Gasteiger partial charge in [-0.2, -0.15) is 0 Å². The van der Waals surface area contributed by atoms with Crippen LogP contribution in [0.5, 0.6) is 5.75 Å². The average Bonchev–Trinajstić information content (AvgIpc) is 2.71. The summed E-state index contributed by atoms with van der Waals surface area (Å²) >= 11 is 0. The van der Waals surface area contributed by atoms with Gasteiger partial charge in [-0.25, -0.2) is 4.98 Å². The fourth-order valence-electron chi connectivity index (χ4n) is 3.64. The topological polar surface area (TPSA) is 42.4 Å². The van der Waals surface area contributed by atoms with Gasteiger partial charge >= 0.3 is 0 Å². The maximum atomic E-state index is 10.5. The summed E-state index contributed by atoms with van der Waals surface area (Å²) in [7, 11) is 1.66. The third-order valence-corrected chi connectivity index (χ3v) is 5.35. The fourth-order valence-corrected chi connectivity index (χ4v) is 3.64. The van der Waals surface area contributed by atoms with Crippen LogP contribution in [0.3, 0.4) is 0 Å². The Morgan fingerprint density at radius 3 is 2.11 bits per heavy atom. The van der Waals surface area contributed by atoms with Crippen LogP contribution in [0.25, 0.3) is 10.9 Å². The summed E-state index contributed by atoms with van der Waals surface area (Å²) in [6.07, 6.45) is 14.8. The molecule has 0 fully saturated rings. The summed E-state index contributed by atoms with van der Waals surface area (Å²) in [6, 6.07) is 9.85. The minimum atomic E-state index is -0.488. The Bertz CT molecular complexity index is 656. The summed E-state index contributed by atoms with van der Waals surface area (Å²) in [5.41, 5.74) is 1.58. The standard InChI is InChI=1S/C24H37NO2/c1-3-4-5-6-7-8-9-10-11-12-13-16-22(26)21-19-18-20-15-14-17-23(27-2)24(20)25-21/h14-15,17-19,22,26H,3-13,16H2,1-2H3. The zero-order valence-electron chi connectivity index (χ0n) is 17.3. The number of para-hydroxylation sites is 1. The Morgan fingerprint density at radius 1 is 0.852 bits per heavy atom. The number of nitrogens with zero attached hydrogens (tertiary/aromatic N) is 1. The van der Waals surface area contributed by atoms with Gasteiger partial charge in [0.05, 0.1) is 18.9 Å². The molecule has 150 valence electrons. The van der Waals surface area contributed by atoms with E-state index in [-0.39, 0.29) is 0 Å². The summed E-state index contributed by atoms with van der Waals surface area (Å²) < 4.78 is 5.39. The number of unbranched alkanes of at least 4 members (excludes halogenated alkanes) is 10. The van der Waals surface area contributed by atoms with E-state index in [1.165, 1.54) is 64.2 Å². The Morgan fingerprint density at radius 2 is 1.48 bits per heavy atom. The van der Waals surface area contributed by atoms with Gasteiger partial charge in [-0.15, -0.1) is 0 Å². The van der Waals surface area contributed by atoms with Crippen molar-refractivity contribution in [1.82, 2.24) is 4.98 Å². The first kappa shape index (κ1) is 21.7. The van der Waals surface area contributed by atoms with E-state index in [1.807, 2.05) is 30.3 Å². The van der Waals surface area contributed by atoms with Crippen molar-refractivity contribution in [3.05, 3.63) is 36.0 Å². The van der Waals surface area contributed by atoms with E-state index >= 15 is 0 Å². The van der Waals surface area contributed by atoms with E-state index in [0.717, 1.165) is 35.2 Å². The second-order valence-electron chi connectivity index (χ2n) is 7.61. The maximum absolute atomic E-state index is 10.5. The van der Waals surface area contributed by atoms with Crippen molar-refractivity contribution in [1.29, 1.82) is 0 Å². The Balaban J connectivity index is 1.63. The van der Waals surface area contributed by atoms with Crippen LogP contribution in [0.2, 0.25) is 0 Å². The van der Waals surface area contributed by atoms with E-state index in [9.17, 15) is 5.11 Å². The highest BCUT2D eigenvalue weighted by Crippen LogP contribution is 2.27. The molecule has 1 atom stereocenters. The van der Waals surface area contributed by atoms with E-state index in [1.54, 1.807) is 7.11 Å². The molecule has 0 aliphatic heterocycles. The average molecular weight is 372 g/mol. The third-order valence-electron chi connectivity index (χ3n) is 5.35. The van der Waals surface area contributed by atoms with Crippen molar-refractivity contribution >= 4 is 10.9 Å². The summed E-state index contributed by atoms with van der Waals surface area (Å²) in [5.74, 6) is 0.760. The second-order valence-corrected chi connectivity index (χ2v) is 7.61. The van der Waals surface area contributed by atoms with Crippen molar-refractivity contribution in [2.45, 2.75) is 90.1 Å². The highest BCUT2D eigenvalue weighted by Gasteiger charge is 2.11. The minimum absolute atomic E-state index is 0.488. The van der Waals surface area contributed by atoms with Gasteiger partial charge in [0.2, 0.25) is 0 Å². The van der Waals surface area contributed by atoms with E-state index < -0.39 is 6.10 Å². The third kappa shape index (κ3) is 7.50. The SMILES string of the molecule is CCCCCCCCCCCCCC(O)c1ccc2cccc(OC)c2n1. The summed E-state index contributed by atoms with van der Waals surface area (Å²) in [4.78, 5) is 4.64.